The fraction of sp³-hybridized carbons (Fsp3) is 0.240. The summed E-state index contributed by atoms with van der Waals surface area (Å²) in [5.74, 6) is 0. The summed E-state index contributed by atoms with van der Waals surface area (Å²) in [7, 11) is -3.37. The van der Waals surface area contributed by atoms with Crippen molar-refractivity contribution in [3.05, 3.63) is 83.2 Å². The van der Waals surface area contributed by atoms with Crippen molar-refractivity contribution in [2.75, 3.05) is 37.3 Å². The Balaban J connectivity index is 1.67. The van der Waals surface area contributed by atoms with E-state index in [1.54, 1.807) is 6.07 Å². The van der Waals surface area contributed by atoms with E-state index in [0.717, 1.165) is 46.6 Å². The predicted octanol–water partition coefficient (Wildman–Crippen LogP) is 4.03. The average molecular weight is 448 g/mol. The molecule has 0 bridgehead atoms. The molecule has 2 aliphatic rings. The average Bonchev–Trinajstić information content (AvgIpc) is 2.95. The zero-order chi connectivity index (χ0) is 22.1. The molecule has 3 aromatic rings. The number of anilines is 1. The zero-order valence-electron chi connectivity index (χ0n) is 17.9. The lowest BCUT2D eigenvalue weighted by atomic mass is 9.92. The summed E-state index contributed by atoms with van der Waals surface area (Å²) in [4.78, 5) is 7.21. The van der Waals surface area contributed by atoms with Crippen LogP contribution in [-0.4, -0.2) is 50.9 Å². The van der Waals surface area contributed by atoms with Gasteiger partial charge in [-0.1, -0.05) is 42.5 Å². The highest BCUT2D eigenvalue weighted by atomic mass is 32.2. The zero-order valence-corrected chi connectivity index (χ0v) is 18.7. The topological polar surface area (TPSA) is 71.5 Å². The molecule has 6 nitrogen and oxygen atoms in total. The minimum absolute atomic E-state index is 0.0589. The van der Waals surface area contributed by atoms with Crippen molar-refractivity contribution < 1.29 is 13.2 Å². The summed E-state index contributed by atoms with van der Waals surface area (Å²) in [6, 6.07) is 18.1. The molecular formula is C25H25N3O3S. The van der Waals surface area contributed by atoms with Gasteiger partial charge in [0.15, 0.2) is 0 Å². The summed E-state index contributed by atoms with van der Waals surface area (Å²) < 4.78 is 32.0. The Hall–Kier alpha value is -3.00. The third-order valence-electron chi connectivity index (χ3n) is 5.87. The molecule has 32 heavy (non-hydrogen) atoms. The van der Waals surface area contributed by atoms with Crippen LogP contribution in [0.2, 0.25) is 0 Å². The van der Waals surface area contributed by atoms with Gasteiger partial charge in [0, 0.05) is 36.1 Å². The smallest absolute Gasteiger partial charge is 0.229 e. The van der Waals surface area contributed by atoms with Gasteiger partial charge >= 0.3 is 0 Å². The van der Waals surface area contributed by atoms with Crippen LogP contribution < -0.4 is 4.72 Å². The summed E-state index contributed by atoms with van der Waals surface area (Å²) in [6.45, 7) is 2.93. The van der Waals surface area contributed by atoms with E-state index in [-0.39, 0.29) is 6.04 Å². The third kappa shape index (κ3) is 4.32. The molecule has 2 heterocycles. The van der Waals surface area contributed by atoms with Crippen LogP contribution in [0.4, 0.5) is 5.69 Å². The maximum Gasteiger partial charge on any atom is 0.229 e. The number of rotatable bonds is 4. The molecule has 5 rings (SSSR count). The van der Waals surface area contributed by atoms with E-state index in [1.807, 2.05) is 42.6 Å². The van der Waals surface area contributed by atoms with Crippen LogP contribution in [0.5, 0.6) is 0 Å². The van der Waals surface area contributed by atoms with E-state index >= 15 is 0 Å². The summed E-state index contributed by atoms with van der Waals surface area (Å²) >= 11 is 0. The van der Waals surface area contributed by atoms with Crippen LogP contribution in [-0.2, 0) is 14.8 Å². The highest BCUT2D eigenvalue weighted by Gasteiger charge is 2.30. The number of hydrogen-bond donors (Lipinski definition) is 1. The molecule has 0 amide bonds. The number of pyridine rings is 1. The lowest BCUT2D eigenvalue weighted by molar-refractivity contribution is 0.0239. The van der Waals surface area contributed by atoms with Gasteiger partial charge < -0.3 is 4.74 Å². The Morgan fingerprint density at radius 3 is 2.50 bits per heavy atom. The number of nitrogens with one attached hydrogen (secondary N) is 1. The molecular weight excluding hydrogens is 422 g/mol. The second-order valence-corrected chi connectivity index (χ2v) is 9.92. The molecule has 1 fully saturated rings. The number of ether oxygens (including phenoxy) is 1. The van der Waals surface area contributed by atoms with Crippen LogP contribution in [0.25, 0.3) is 23.3 Å². The van der Waals surface area contributed by atoms with Crippen molar-refractivity contribution in [2.45, 2.75) is 6.04 Å². The van der Waals surface area contributed by atoms with Gasteiger partial charge in [-0.15, -0.1) is 0 Å². The van der Waals surface area contributed by atoms with E-state index < -0.39 is 10.0 Å². The number of fused-ring (bicyclic) bond motifs is 2. The Kier molecular flexibility index (Phi) is 5.55. The first-order valence-electron chi connectivity index (χ1n) is 10.6. The van der Waals surface area contributed by atoms with E-state index in [2.05, 4.69) is 33.9 Å². The normalized spacial score (nSPS) is 18.5. The number of nitrogens with zero attached hydrogens (tertiary/aromatic N) is 2. The van der Waals surface area contributed by atoms with E-state index in [0.29, 0.717) is 18.9 Å². The molecule has 1 aliphatic heterocycles. The largest absolute Gasteiger partial charge is 0.379 e. The van der Waals surface area contributed by atoms with Crippen molar-refractivity contribution in [3.8, 4) is 11.1 Å². The first-order chi connectivity index (χ1) is 15.5. The van der Waals surface area contributed by atoms with Crippen LogP contribution in [0.15, 0.2) is 60.8 Å². The summed E-state index contributed by atoms with van der Waals surface area (Å²) in [5.41, 5.74) is 6.89. The minimum atomic E-state index is -3.37. The van der Waals surface area contributed by atoms with Crippen molar-refractivity contribution in [3.63, 3.8) is 0 Å². The number of benzene rings is 2. The number of hydrogen-bond acceptors (Lipinski definition) is 5. The van der Waals surface area contributed by atoms with Gasteiger partial charge in [-0.25, -0.2) is 8.42 Å². The van der Waals surface area contributed by atoms with Crippen LogP contribution in [0.3, 0.4) is 0 Å². The van der Waals surface area contributed by atoms with Gasteiger partial charge in [-0.2, -0.15) is 0 Å². The van der Waals surface area contributed by atoms with E-state index in [4.69, 9.17) is 9.72 Å². The fourth-order valence-electron chi connectivity index (χ4n) is 4.45. The molecule has 1 saturated heterocycles. The fourth-order valence-corrected chi connectivity index (χ4v) is 5.00. The maximum absolute atomic E-state index is 11.9. The number of aromatic nitrogens is 1. The SMILES string of the molecule is CS(=O)(=O)Nc1ccc2c(c1)C(N1CCOCC1)c1cc(-c3ccccc3)cnc1C=C2. The Bertz CT molecular complexity index is 1270. The quantitative estimate of drug-likeness (QED) is 0.654. The standard InChI is InChI=1S/C25H25N3O3S/c1-32(29,30)27-21-9-7-19-8-10-24-23(15-20(17-26-24)18-5-3-2-4-6-18)25(22(19)16-21)28-11-13-31-14-12-28/h2-10,15-17,25,27H,11-14H2,1H3. The second kappa shape index (κ2) is 8.50. The second-order valence-electron chi connectivity index (χ2n) is 8.17. The van der Waals surface area contributed by atoms with Gasteiger partial charge in [0.1, 0.15) is 0 Å². The molecule has 1 aromatic heterocycles. The van der Waals surface area contributed by atoms with Crippen LogP contribution >= 0.6 is 0 Å². The molecule has 1 N–H and O–H groups in total. The van der Waals surface area contributed by atoms with Crippen molar-refractivity contribution in [2.24, 2.45) is 0 Å². The highest BCUT2D eigenvalue weighted by molar-refractivity contribution is 7.92. The lowest BCUT2D eigenvalue weighted by Gasteiger charge is -2.36. The third-order valence-corrected chi connectivity index (χ3v) is 6.47. The molecule has 0 saturated carbocycles. The number of morpholine rings is 1. The first kappa shape index (κ1) is 20.9. The van der Waals surface area contributed by atoms with Crippen LogP contribution in [0, 0.1) is 0 Å². The molecule has 0 radical (unpaired) electrons. The monoisotopic (exact) mass is 447 g/mol. The lowest BCUT2D eigenvalue weighted by Crippen LogP contribution is -2.40. The predicted molar refractivity (Wildman–Crippen MR) is 128 cm³/mol. The molecule has 7 heteroatoms. The minimum Gasteiger partial charge on any atom is -0.379 e. The van der Waals surface area contributed by atoms with E-state index in [9.17, 15) is 8.42 Å². The highest BCUT2D eigenvalue weighted by Crippen LogP contribution is 2.39. The molecule has 0 spiro atoms. The molecule has 2 aromatic carbocycles. The summed E-state index contributed by atoms with van der Waals surface area (Å²) in [5, 5.41) is 0. The van der Waals surface area contributed by atoms with Crippen LogP contribution in [0.1, 0.15) is 28.4 Å². The summed E-state index contributed by atoms with van der Waals surface area (Å²) in [6.07, 6.45) is 7.20. The maximum atomic E-state index is 11.9. The Morgan fingerprint density at radius 2 is 1.75 bits per heavy atom. The van der Waals surface area contributed by atoms with Gasteiger partial charge in [0.25, 0.3) is 0 Å². The van der Waals surface area contributed by atoms with Gasteiger partial charge in [-0.3, -0.25) is 14.6 Å². The van der Waals surface area contributed by atoms with Gasteiger partial charge in [0.05, 0.1) is 31.2 Å². The number of sulfonamides is 1. The first-order valence-corrected chi connectivity index (χ1v) is 12.5. The van der Waals surface area contributed by atoms with Gasteiger partial charge in [-0.05, 0) is 41.0 Å². The van der Waals surface area contributed by atoms with Crippen molar-refractivity contribution in [1.82, 2.24) is 9.88 Å². The molecule has 1 unspecified atom stereocenters. The Morgan fingerprint density at radius 1 is 0.969 bits per heavy atom. The molecule has 1 atom stereocenters. The molecule has 164 valence electrons. The van der Waals surface area contributed by atoms with Crippen molar-refractivity contribution in [1.29, 1.82) is 0 Å². The Labute approximate surface area is 188 Å². The molecule has 1 aliphatic carbocycles. The van der Waals surface area contributed by atoms with E-state index in [1.165, 1.54) is 6.26 Å². The van der Waals surface area contributed by atoms with Crippen molar-refractivity contribution >= 4 is 27.9 Å². The van der Waals surface area contributed by atoms with Gasteiger partial charge in [0.2, 0.25) is 10.0 Å².